The van der Waals surface area contributed by atoms with E-state index in [1.165, 1.54) is 5.69 Å². The smallest absolute Gasteiger partial charge is 0.101 e. The van der Waals surface area contributed by atoms with Crippen LogP contribution in [0.4, 0.5) is 0 Å². The van der Waals surface area contributed by atoms with Crippen molar-refractivity contribution in [2.45, 2.75) is 65.3 Å². The van der Waals surface area contributed by atoms with Crippen molar-refractivity contribution in [1.82, 2.24) is 15.0 Å². The van der Waals surface area contributed by atoms with Crippen molar-refractivity contribution in [1.29, 1.82) is 0 Å². The lowest BCUT2D eigenvalue weighted by atomic mass is 10.0. The molecule has 0 aliphatic rings. The third-order valence-electron chi connectivity index (χ3n) is 3.24. The molecule has 0 aliphatic heterocycles. The van der Waals surface area contributed by atoms with Gasteiger partial charge < -0.3 is 0 Å². The van der Waals surface area contributed by atoms with E-state index in [1.807, 2.05) is 0 Å². The Balaban J connectivity index is 2.92. The van der Waals surface area contributed by atoms with E-state index in [1.54, 1.807) is 0 Å². The second-order valence-corrected chi connectivity index (χ2v) is 5.23. The summed E-state index contributed by atoms with van der Waals surface area (Å²) < 4.78 is 2.10. The minimum atomic E-state index is 0.460. The van der Waals surface area contributed by atoms with Gasteiger partial charge in [-0.2, -0.15) is 0 Å². The van der Waals surface area contributed by atoms with E-state index in [4.69, 9.17) is 11.6 Å². The number of rotatable bonds is 7. The van der Waals surface area contributed by atoms with Gasteiger partial charge in [0.05, 0.1) is 17.6 Å². The average molecular weight is 258 g/mol. The lowest BCUT2D eigenvalue weighted by Gasteiger charge is -2.16. The summed E-state index contributed by atoms with van der Waals surface area (Å²) >= 11 is 5.94. The molecule has 0 bridgehead atoms. The zero-order valence-electron chi connectivity index (χ0n) is 11.4. The summed E-state index contributed by atoms with van der Waals surface area (Å²) in [4.78, 5) is 0. The van der Waals surface area contributed by atoms with Gasteiger partial charge in [0.15, 0.2) is 0 Å². The maximum Gasteiger partial charge on any atom is 0.101 e. The molecule has 0 radical (unpaired) electrons. The molecule has 4 heteroatoms. The Morgan fingerprint density at radius 1 is 1.24 bits per heavy atom. The molecular weight excluding hydrogens is 234 g/mol. The molecule has 1 aromatic rings. The highest BCUT2D eigenvalue weighted by atomic mass is 35.5. The number of alkyl halides is 1. The van der Waals surface area contributed by atoms with E-state index in [2.05, 4.69) is 42.7 Å². The topological polar surface area (TPSA) is 30.7 Å². The van der Waals surface area contributed by atoms with Crippen LogP contribution in [0, 0.1) is 5.92 Å². The third-order valence-corrected chi connectivity index (χ3v) is 3.50. The number of nitrogens with zero attached hydrogens (tertiary/aromatic N) is 3. The normalized spacial score (nSPS) is 11.7. The fourth-order valence-corrected chi connectivity index (χ4v) is 2.27. The fourth-order valence-electron chi connectivity index (χ4n) is 2.06. The van der Waals surface area contributed by atoms with Crippen molar-refractivity contribution in [3.05, 3.63) is 11.4 Å². The summed E-state index contributed by atoms with van der Waals surface area (Å²) in [6.07, 6.45) is 4.38. The third kappa shape index (κ3) is 3.70. The number of halogens is 1. The van der Waals surface area contributed by atoms with E-state index in [0.717, 1.165) is 31.4 Å². The van der Waals surface area contributed by atoms with Gasteiger partial charge >= 0.3 is 0 Å². The lowest BCUT2D eigenvalue weighted by molar-refractivity contribution is 0.400. The predicted octanol–water partition coefficient (Wildman–Crippen LogP) is 3.97. The Bertz CT molecular complexity index is 329. The summed E-state index contributed by atoms with van der Waals surface area (Å²) in [5.74, 6) is 1.16. The molecule has 0 unspecified atom stereocenters. The van der Waals surface area contributed by atoms with Crippen LogP contribution < -0.4 is 0 Å². The van der Waals surface area contributed by atoms with E-state index in [9.17, 15) is 0 Å². The summed E-state index contributed by atoms with van der Waals surface area (Å²) in [6, 6.07) is 0.460. The Morgan fingerprint density at radius 3 is 2.35 bits per heavy atom. The highest BCUT2D eigenvalue weighted by Gasteiger charge is 2.17. The Labute approximate surface area is 110 Å². The van der Waals surface area contributed by atoms with Gasteiger partial charge in [0, 0.05) is 0 Å². The van der Waals surface area contributed by atoms with Gasteiger partial charge in [0.1, 0.15) is 5.69 Å². The van der Waals surface area contributed by atoms with Crippen LogP contribution in [-0.2, 0) is 12.3 Å². The molecule has 0 saturated heterocycles. The molecule has 0 fully saturated rings. The molecule has 1 rings (SSSR count). The molecule has 0 aliphatic carbocycles. The van der Waals surface area contributed by atoms with Crippen molar-refractivity contribution in [3.8, 4) is 0 Å². The van der Waals surface area contributed by atoms with E-state index in [-0.39, 0.29) is 0 Å². The molecule has 1 heterocycles. The molecule has 17 heavy (non-hydrogen) atoms. The van der Waals surface area contributed by atoms with Crippen molar-refractivity contribution in [2.75, 3.05) is 0 Å². The highest BCUT2D eigenvalue weighted by Crippen LogP contribution is 2.21. The van der Waals surface area contributed by atoms with Gasteiger partial charge in [-0.3, -0.25) is 0 Å². The molecule has 0 aromatic carbocycles. The van der Waals surface area contributed by atoms with Crippen LogP contribution in [0.5, 0.6) is 0 Å². The average Bonchev–Trinajstić information content (AvgIpc) is 2.71. The second-order valence-electron chi connectivity index (χ2n) is 4.96. The van der Waals surface area contributed by atoms with Gasteiger partial charge in [-0.25, -0.2) is 4.68 Å². The van der Waals surface area contributed by atoms with Gasteiger partial charge in [0.25, 0.3) is 0 Å². The number of aromatic nitrogens is 3. The maximum atomic E-state index is 5.94. The Morgan fingerprint density at radius 2 is 1.88 bits per heavy atom. The van der Waals surface area contributed by atoms with E-state index < -0.39 is 0 Å². The Hall–Kier alpha value is -0.570. The predicted molar refractivity (Wildman–Crippen MR) is 72.4 cm³/mol. The SMILES string of the molecule is CCC(CC)n1nnc(CCl)c1CCC(C)C. The molecule has 3 nitrogen and oxygen atoms in total. The summed E-state index contributed by atoms with van der Waals surface area (Å²) in [5, 5.41) is 8.50. The highest BCUT2D eigenvalue weighted by molar-refractivity contribution is 6.16. The van der Waals surface area contributed by atoms with Gasteiger partial charge in [-0.1, -0.05) is 32.9 Å². The van der Waals surface area contributed by atoms with Crippen LogP contribution in [0.25, 0.3) is 0 Å². The molecule has 1 aromatic heterocycles. The van der Waals surface area contributed by atoms with Crippen LogP contribution in [0.3, 0.4) is 0 Å². The quantitative estimate of drug-likeness (QED) is 0.692. The first-order chi connectivity index (χ1) is 8.13. The van der Waals surface area contributed by atoms with Crippen LogP contribution >= 0.6 is 11.6 Å². The Kier molecular flexibility index (Phi) is 5.96. The summed E-state index contributed by atoms with van der Waals surface area (Å²) in [7, 11) is 0. The van der Waals surface area contributed by atoms with Crippen LogP contribution in [0.2, 0.25) is 0 Å². The standard InChI is InChI=1S/C13H24ClN3/c1-5-11(6-2)17-13(8-7-10(3)4)12(9-14)15-16-17/h10-11H,5-9H2,1-4H3. The molecule has 0 atom stereocenters. The minimum Gasteiger partial charge on any atom is -0.246 e. The second kappa shape index (κ2) is 7.00. The van der Waals surface area contributed by atoms with Crippen LogP contribution in [0.15, 0.2) is 0 Å². The minimum absolute atomic E-state index is 0.460. The van der Waals surface area contributed by atoms with E-state index >= 15 is 0 Å². The fraction of sp³-hybridized carbons (Fsp3) is 0.846. The molecule has 0 N–H and O–H groups in total. The number of hydrogen-bond donors (Lipinski definition) is 0. The molecule has 98 valence electrons. The van der Waals surface area contributed by atoms with Crippen molar-refractivity contribution in [3.63, 3.8) is 0 Å². The lowest BCUT2D eigenvalue weighted by Crippen LogP contribution is -2.13. The first-order valence-corrected chi connectivity index (χ1v) is 7.16. The maximum absolute atomic E-state index is 5.94. The van der Waals surface area contributed by atoms with Crippen molar-refractivity contribution in [2.24, 2.45) is 5.92 Å². The molecular formula is C13H24ClN3. The monoisotopic (exact) mass is 257 g/mol. The molecule has 0 spiro atoms. The van der Waals surface area contributed by atoms with E-state index in [0.29, 0.717) is 17.8 Å². The largest absolute Gasteiger partial charge is 0.246 e. The van der Waals surface area contributed by atoms with Gasteiger partial charge in [-0.05, 0) is 31.6 Å². The summed E-state index contributed by atoms with van der Waals surface area (Å²) in [6.45, 7) is 8.88. The van der Waals surface area contributed by atoms with Crippen LogP contribution in [-0.4, -0.2) is 15.0 Å². The van der Waals surface area contributed by atoms with Gasteiger partial charge in [0.2, 0.25) is 0 Å². The van der Waals surface area contributed by atoms with Gasteiger partial charge in [-0.15, -0.1) is 16.7 Å². The molecule has 0 saturated carbocycles. The number of hydrogen-bond acceptors (Lipinski definition) is 2. The van der Waals surface area contributed by atoms with Crippen molar-refractivity contribution >= 4 is 11.6 Å². The molecule has 0 amide bonds. The summed E-state index contributed by atoms with van der Waals surface area (Å²) in [5.41, 5.74) is 2.20. The zero-order valence-corrected chi connectivity index (χ0v) is 12.2. The first kappa shape index (κ1) is 14.5. The zero-order chi connectivity index (χ0) is 12.8. The van der Waals surface area contributed by atoms with Crippen molar-refractivity contribution < 1.29 is 0 Å². The van der Waals surface area contributed by atoms with Crippen LogP contribution in [0.1, 0.15) is 64.4 Å². The first-order valence-electron chi connectivity index (χ1n) is 6.62.